The van der Waals surface area contributed by atoms with E-state index in [0.717, 1.165) is 62.7 Å². The molecule has 1 aliphatic heterocycles. The van der Waals surface area contributed by atoms with Gasteiger partial charge in [0.25, 0.3) is 5.91 Å². The van der Waals surface area contributed by atoms with Crippen molar-refractivity contribution in [3.63, 3.8) is 0 Å². The number of piperidine rings is 1. The lowest BCUT2D eigenvalue weighted by atomic mass is 9.79. The summed E-state index contributed by atoms with van der Waals surface area (Å²) in [5.74, 6) is 2.01. The van der Waals surface area contributed by atoms with Crippen LogP contribution in [0.4, 0.5) is 0 Å². The molecule has 4 rings (SSSR count). The third kappa shape index (κ3) is 3.20. The van der Waals surface area contributed by atoms with Gasteiger partial charge in [0.15, 0.2) is 5.60 Å². The lowest BCUT2D eigenvalue weighted by molar-refractivity contribution is -0.158. The Morgan fingerprint density at radius 2 is 1.80 bits per heavy atom. The number of benzene rings is 1. The smallest absolute Gasteiger partial charge is 0.259 e. The molecule has 3 fully saturated rings. The zero-order valence-corrected chi connectivity index (χ0v) is 15.7. The summed E-state index contributed by atoms with van der Waals surface area (Å²) in [6, 6.07) is 9.57. The number of fused-ring (bicyclic) bond motifs is 1. The molecule has 138 valence electrons. The first-order valence-electron chi connectivity index (χ1n) is 9.36. The Balaban J connectivity index is 0.00000182. The van der Waals surface area contributed by atoms with Crippen molar-refractivity contribution in [2.24, 2.45) is 23.7 Å². The molecule has 1 aromatic carbocycles. The quantitative estimate of drug-likeness (QED) is 0.843. The number of aliphatic hydroxyl groups is 1. The predicted octanol–water partition coefficient (Wildman–Crippen LogP) is 2.41. The van der Waals surface area contributed by atoms with Gasteiger partial charge in [0.1, 0.15) is 0 Å². The molecule has 1 amide bonds. The second kappa shape index (κ2) is 7.26. The van der Waals surface area contributed by atoms with Gasteiger partial charge in [-0.15, -0.1) is 12.4 Å². The van der Waals surface area contributed by atoms with Crippen LogP contribution >= 0.6 is 12.4 Å². The third-order valence-electron chi connectivity index (χ3n) is 6.59. The molecule has 1 unspecified atom stereocenters. The van der Waals surface area contributed by atoms with E-state index in [9.17, 15) is 9.90 Å². The fourth-order valence-electron chi connectivity index (χ4n) is 5.08. The fraction of sp³-hybridized carbons (Fsp3) is 0.650. The van der Waals surface area contributed by atoms with E-state index >= 15 is 0 Å². The van der Waals surface area contributed by atoms with Crippen LogP contribution in [-0.4, -0.2) is 42.6 Å². The molecule has 25 heavy (non-hydrogen) atoms. The van der Waals surface area contributed by atoms with E-state index in [1.54, 1.807) is 4.90 Å². The van der Waals surface area contributed by atoms with Gasteiger partial charge in [-0.1, -0.05) is 43.2 Å². The van der Waals surface area contributed by atoms with Crippen molar-refractivity contribution in [2.45, 2.75) is 31.3 Å². The average molecular weight is 365 g/mol. The molecule has 0 aromatic heterocycles. The van der Waals surface area contributed by atoms with Crippen molar-refractivity contribution in [1.29, 1.82) is 0 Å². The van der Waals surface area contributed by atoms with Crippen LogP contribution in [0.2, 0.25) is 0 Å². The molecule has 4 atom stereocenters. The van der Waals surface area contributed by atoms with Crippen LogP contribution in [-0.2, 0) is 10.4 Å². The number of carbonyl (C=O) groups excluding carboxylic acids is 1. The molecule has 0 bridgehead atoms. The van der Waals surface area contributed by atoms with Crippen molar-refractivity contribution >= 4 is 18.3 Å². The minimum Gasteiger partial charge on any atom is -0.375 e. The maximum Gasteiger partial charge on any atom is 0.259 e. The summed E-state index contributed by atoms with van der Waals surface area (Å²) in [5.41, 5.74) is -0.610. The van der Waals surface area contributed by atoms with Crippen molar-refractivity contribution in [1.82, 2.24) is 10.2 Å². The number of hydrogen-bond donors (Lipinski definition) is 2. The normalized spacial score (nSPS) is 30.2. The zero-order chi connectivity index (χ0) is 16.7. The summed E-state index contributed by atoms with van der Waals surface area (Å²) < 4.78 is 0. The Hall–Kier alpha value is -1.10. The van der Waals surface area contributed by atoms with Crippen LogP contribution in [0, 0.1) is 23.7 Å². The molecule has 5 heteroatoms. The van der Waals surface area contributed by atoms with Crippen molar-refractivity contribution in [2.75, 3.05) is 26.7 Å². The number of carbonyl (C=O) groups is 1. The summed E-state index contributed by atoms with van der Waals surface area (Å²) in [4.78, 5) is 15.1. The molecule has 0 spiro atoms. The van der Waals surface area contributed by atoms with Gasteiger partial charge in [0, 0.05) is 19.5 Å². The molecule has 0 radical (unpaired) electrons. The van der Waals surface area contributed by atoms with Gasteiger partial charge in [0.2, 0.25) is 0 Å². The molecule has 1 saturated heterocycles. The van der Waals surface area contributed by atoms with Crippen LogP contribution < -0.4 is 5.32 Å². The number of rotatable bonds is 5. The van der Waals surface area contributed by atoms with E-state index in [1.807, 2.05) is 37.4 Å². The zero-order valence-electron chi connectivity index (χ0n) is 14.9. The van der Waals surface area contributed by atoms with Crippen LogP contribution in [0.1, 0.15) is 31.2 Å². The van der Waals surface area contributed by atoms with Crippen LogP contribution in [0.5, 0.6) is 0 Å². The Kier molecular flexibility index (Phi) is 5.42. The lowest BCUT2D eigenvalue weighted by Crippen LogP contribution is -2.50. The summed E-state index contributed by atoms with van der Waals surface area (Å²) in [6.45, 7) is 2.95. The second-order valence-corrected chi connectivity index (χ2v) is 7.95. The highest BCUT2D eigenvalue weighted by molar-refractivity contribution is 5.86. The van der Waals surface area contributed by atoms with E-state index in [0.29, 0.717) is 5.92 Å². The highest BCUT2D eigenvalue weighted by Gasteiger charge is 2.54. The first-order valence-corrected chi connectivity index (χ1v) is 9.36. The van der Waals surface area contributed by atoms with E-state index < -0.39 is 5.60 Å². The Bertz CT molecular complexity index is 595. The monoisotopic (exact) mass is 364 g/mol. The number of likely N-dealkylation sites (N-methyl/N-ethyl adjacent to an activating group) is 1. The maximum absolute atomic E-state index is 13.3. The van der Waals surface area contributed by atoms with Crippen LogP contribution in [0.25, 0.3) is 0 Å². The van der Waals surface area contributed by atoms with E-state index in [4.69, 9.17) is 0 Å². The Morgan fingerprint density at radius 3 is 2.40 bits per heavy atom. The number of nitrogens with one attached hydrogen (secondary N) is 1. The minimum atomic E-state index is -1.37. The molecule has 1 aromatic rings. The van der Waals surface area contributed by atoms with Gasteiger partial charge in [-0.05, 0) is 49.2 Å². The standard InChI is InChI=1S/C20H28N2O2.ClH/c1-22(13-18-16-11-21-12-17(16)18)19(23)20(24,15-9-5-6-10-15)14-7-3-2-4-8-14;/h2-4,7-8,15-18,21,24H,5-6,9-13H2,1H3;1H/t16-,17+,18?,20-;/m1./s1. The highest BCUT2D eigenvalue weighted by atomic mass is 35.5. The topological polar surface area (TPSA) is 52.6 Å². The SMILES string of the molecule is CN(CC1[C@H]2CNC[C@@H]12)C(=O)[C@@](O)(c1ccccc1)C1CCCC1.Cl. The van der Waals surface area contributed by atoms with E-state index in [2.05, 4.69) is 5.32 Å². The summed E-state index contributed by atoms with van der Waals surface area (Å²) >= 11 is 0. The average Bonchev–Trinajstić information content (AvgIpc) is 3.07. The summed E-state index contributed by atoms with van der Waals surface area (Å²) in [5, 5.41) is 15.0. The molecular weight excluding hydrogens is 336 g/mol. The van der Waals surface area contributed by atoms with E-state index in [-0.39, 0.29) is 24.2 Å². The highest BCUT2D eigenvalue weighted by Crippen LogP contribution is 2.49. The van der Waals surface area contributed by atoms with Gasteiger partial charge >= 0.3 is 0 Å². The molecular formula is C20H29ClN2O2. The Morgan fingerprint density at radius 1 is 1.20 bits per heavy atom. The fourth-order valence-corrected chi connectivity index (χ4v) is 5.08. The van der Waals surface area contributed by atoms with Gasteiger partial charge in [-0.25, -0.2) is 0 Å². The maximum atomic E-state index is 13.3. The molecule has 4 nitrogen and oxygen atoms in total. The molecule has 3 aliphatic rings. The number of halogens is 1. The lowest BCUT2D eigenvalue weighted by Gasteiger charge is -2.36. The van der Waals surface area contributed by atoms with Crippen LogP contribution in [0.3, 0.4) is 0 Å². The second-order valence-electron chi connectivity index (χ2n) is 7.95. The predicted molar refractivity (Wildman–Crippen MR) is 101 cm³/mol. The van der Waals surface area contributed by atoms with Crippen LogP contribution in [0.15, 0.2) is 30.3 Å². The van der Waals surface area contributed by atoms with Gasteiger partial charge in [-0.2, -0.15) is 0 Å². The summed E-state index contributed by atoms with van der Waals surface area (Å²) in [6.07, 6.45) is 4.08. The molecule has 2 N–H and O–H groups in total. The first-order chi connectivity index (χ1) is 11.6. The van der Waals surface area contributed by atoms with Gasteiger partial charge < -0.3 is 15.3 Å². The van der Waals surface area contributed by atoms with Gasteiger partial charge in [-0.3, -0.25) is 4.79 Å². The first kappa shape index (κ1) is 18.7. The molecule has 2 saturated carbocycles. The molecule has 1 heterocycles. The molecule has 2 aliphatic carbocycles. The van der Waals surface area contributed by atoms with Crippen molar-refractivity contribution < 1.29 is 9.90 Å². The van der Waals surface area contributed by atoms with Crippen molar-refractivity contribution in [3.8, 4) is 0 Å². The van der Waals surface area contributed by atoms with Crippen molar-refractivity contribution in [3.05, 3.63) is 35.9 Å². The van der Waals surface area contributed by atoms with E-state index in [1.165, 1.54) is 0 Å². The number of nitrogens with zero attached hydrogens (tertiary/aromatic N) is 1. The van der Waals surface area contributed by atoms with Gasteiger partial charge in [0.05, 0.1) is 0 Å². The largest absolute Gasteiger partial charge is 0.375 e. The third-order valence-corrected chi connectivity index (χ3v) is 6.59. The summed E-state index contributed by atoms with van der Waals surface area (Å²) in [7, 11) is 1.87. The Labute approximate surface area is 156 Å². The number of hydrogen-bond acceptors (Lipinski definition) is 3. The number of amides is 1. The minimum absolute atomic E-state index is 0.